The van der Waals surface area contributed by atoms with E-state index in [1.54, 1.807) is 11.3 Å². The van der Waals surface area contributed by atoms with Crippen LogP contribution in [0.15, 0.2) is 16.8 Å². The van der Waals surface area contributed by atoms with Gasteiger partial charge in [-0.3, -0.25) is 0 Å². The van der Waals surface area contributed by atoms with Crippen LogP contribution < -0.4 is 5.73 Å². The van der Waals surface area contributed by atoms with Crippen molar-refractivity contribution in [3.63, 3.8) is 0 Å². The molecule has 0 aromatic carbocycles. The van der Waals surface area contributed by atoms with Crippen LogP contribution in [0.3, 0.4) is 0 Å². The van der Waals surface area contributed by atoms with Gasteiger partial charge in [0.1, 0.15) is 0 Å². The number of hydrogen-bond acceptors (Lipinski definition) is 3. The zero-order chi connectivity index (χ0) is 10.4. The van der Waals surface area contributed by atoms with Crippen molar-refractivity contribution in [2.24, 2.45) is 5.73 Å². The SMILES string of the molecule is CCC(C)(N)COCCc1ccsc1. The molecule has 1 heterocycles. The van der Waals surface area contributed by atoms with E-state index in [1.165, 1.54) is 5.56 Å². The number of hydrogen-bond donors (Lipinski definition) is 1. The van der Waals surface area contributed by atoms with Gasteiger partial charge in [0.2, 0.25) is 0 Å². The Labute approximate surface area is 90.1 Å². The smallest absolute Gasteiger partial charge is 0.0643 e. The summed E-state index contributed by atoms with van der Waals surface area (Å²) >= 11 is 1.73. The molecular weight excluding hydrogens is 194 g/mol. The van der Waals surface area contributed by atoms with Crippen LogP contribution in [0.4, 0.5) is 0 Å². The molecule has 0 spiro atoms. The Hall–Kier alpha value is -0.380. The van der Waals surface area contributed by atoms with Crippen LogP contribution in [0.2, 0.25) is 0 Å². The van der Waals surface area contributed by atoms with Crippen LogP contribution in [-0.4, -0.2) is 18.8 Å². The molecule has 80 valence electrons. The van der Waals surface area contributed by atoms with Crippen molar-refractivity contribution in [3.05, 3.63) is 22.4 Å². The van der Waals surface area contributed by atoms with E-state index < -0.39 is 0 Å². The lowest BCUT2D eigenvalue weighted by Crippen LogP contribution is -2.40. The van der Waals surface area contributed by atoms with Gasteiger partial charge >= 0.3 is 0 Å². The second-order valence-corrected chi connectivity index (χ2v) is 4.72. The molecule has 0 saturated carbocycles. The van der Waals surface area contributed by atoms with Gasteiger partial charge in [0, 0.05) is 5.54 Å². The van der Waals surface area contributed by atoms with Crippen molar-refractivity contribution < 1.29 is 4.74 Å². The van der Waals surface area contributed by atoms with Crippen LogP contribution in [0, 0.1) is 0 Å². The third-order valence-electron chi connectivity index (χ3n) is 2.35. The second-order valence-electron chi connectivity index (χ2n) is 3.94. The van der Waals surface area contributed by atoms with Crippen molar-refractivity contribution >= 4 is 11.3 Å². The molecule has 1 aromatic rings. The van der Waals surface area contributed by atoms with Crippen molar-refractivity contribution in [2.75, 3.05) is 13.2 Å². The lowest BCUT2D eigenvalue weighted by Gasteiger charge is -2.22. The molecule has 2 N–H and O–H groups in total. The molecule has 0 fully saturated rings. The van der Waals surface area contributed by atoms with Gasteiger partial charge in [-0.1, -0.05) is 6.92 Å². The lowest BCUT2D eigenvalue weighted by atomic mass is 10.0. The first-order chi connectivity index (χ1) is 6.64. The van der Waals surface area contributed by atoms with Crippen molar-refractivity contribution in [3.8, 4) is 0 Å². The Kier molecular flexibility index (Phi) is 4.58. The summed E-state index contributed by atoms with van der Waals surface area (Å²) in [5.74, 6) is 0. The molecule has 0 amide bonds. The Morgan fingerprint density at radius 2 is 2.36 bits per heavy atom. The highest BCUT2D eigenvalue weighted by molar-refractivity contribution is 7.07. The monoisotopic (exact) mass is 213 g/mol. The van der Waals surface area contributed by atoms with Gasteiger partial charge in [0.25, 0.3) is 0 Å². The minimum Gasteiger partial charge on any atom is -0.379 e. The number of ether oxygens (including phenoxy) is 1. The number of rotatable bonds is 6. The maximum atomic E-state index is 5.95. The van der Waals surface area contributed by atoms with Crippen LogP contribution in [0.1, 0.15) is 25.8 Å². The van der Waals surface area contributed by atoms with Crippen LogP contribution in [0.25, 0.3) is 0 Å². The fourth-order valence-corrected chi connectivity index (χ4v) is 1.74. The van der Waals surface area contributed by atoms with Crippen LogP contribution in [0.5, 0.6) is 0 Å². The molecule has 0 aliphatic rings. The molecule has 1 atom stereocenters. The van der Waals surface area contributed by atoms with Crippen molar-refractivity contribution in [1.82, 2.24) is 0 Å². The zero-order valence-corrected chi connectivity index (χ0v) is 9.77. The van der Waals surface area contributed by atoms with E-state index >= 15 is 0 Å². The third-order valence-corrected chi connectivity index (χ3v) is 3.09. The summed E-state index contributed by atoms with van der Waals surface area (Å²) in [7, 11) is 0. The van der Waals surface area contributed by atoms with Crippen LogP contribution >= 0.6 is 11.3 Å². The van der Waals surface area contributed by atoms with Gasteiger partial charge in [-0.15, -0.1) is 0 Å². The molecule has 0 saturated heterocycles. The molecule has 1 aromatic heterocycles. The Morgan fingerprint density at radius 3 is 2.93 bits per heavy atom. The Bertz CT molecular complexity index is 244. The first-order valence-corrected chi connectivity index (χ1v) is 5.96. The van der Waals surface area contributed by atoms with Gasteiger partial charge in [0.05, 0.1) is 13.2 Å². The number of thiophene rings is 1. The molecule has 3 heteroatoms. The predicted molar refractivity (Wildman–Crippen MR) is 61.7 cm³/mol. The van der Waals surface area contributed by atoms with E-state index in [-0.39, 0.29) is 5.54 Å². The predicted octanol–water partition coefficient (Wildman–Crippen LogP) is 2.43. The summed E-state index contributed by atoms with van der Waals surface area (Å²) in [4.78, 5) is 0. The zero-order valence-electron chi connectivity index (χ0n) is 8.95. The summed E-state index contributed by atoms with van der Waals surface area (Å²) in [6.07, 6.45) is 1.94. The summed E-state index contributed by atoms with van der Waals surface area (Å²) in [5.41, 5.74) is 7.13. The highest BCUT2D eigenvalue weighted by Gasteiger charge is 2.14. The van der Waals surface area contributed by atoms with E-state index in [1.807, 2.05) is 6.92 Å². The topological polar surface area (TPSA) is 35.2 Å². The lowest BCUT2D eigenvalue weighted by molar-refractivity contribution is 0.0919. The van der Waals surface area contributed by atoms with Crippen molar-refractivity contribution in [2.45, 2.75) is 32.2 Å². The average Bonchev–Trinajstić information content (AvgIpc) is 2.65. The average molecular weight is 213 g/mol. The highest BCUT2D eigenvalue weighted by Crippen LogP contribution is 2.08. The standard InChI is InChI=1S/C11H19NOS/c1-3-11(2,12)9-13-6-4-10-5-7-14-8-10/h5,7-8H,3-4,6,9,12H2,1-2H3. The summed E-state index contributed by atoms with van der Waals surface area (Å²) in [6.45, 7) is 5.52. The van der Waals surface area contributed by atoms with Gasteiger partial charge in [-0.25, -0.2) is 0 Å². The second kappa shape index (κ2) is 5.49. The fourth-order valence-electron chi connectivity index (χ4n) is 1.03. The summed E-state index contributed by atoms with van der Waals surface area (Å²) in [6, 6.07) is 2.13. The highest BCUT2D eigenvalue weighted by atomic mass is 32.1. The molecule has 0 radical (unpaired) electrons. The summed E-state index contributed by atoms with van der Waals surface area (Å²) in [5, 5.41) is 4.25. The molecule has 1 unspecified atom stereocenters. The minimum absolute atomic E-state index is 0.172. The first kappa shape index (κ1) is 11.7. The molecule has 1 rings (SSSR count). The maximum absolute atomic E-state index is 5.95. The van der Waals surface area contributed by atoms with E-state index in [2.05, 4.69) is 23.8 Å². The molecule has 14 heavy (non-hydrogen) atoms. The molecule has 2 nitrogen and oxygen atoms in total. The van der Waals surface area contributed by atoms with Gasteiger partial charge in [-0.2, -0.15) is 11.3 Å². The first-order valence-electron chi connectivity index (χ1n) is 5.02. The van der Waals surface area contributed by atoms with Crippen molar-refractivity contribution in [1.29, 1.82) is 0 Å². The maximum Gasteiger partial charge on any atom is 0.0643 e. The number of nitrogens with two attached hydrogens (primary N) is 1. The molecule has 0 bridgehead atoms. The quantitative estimate of drug-likeness (QED) is 0.737. The van der Waals surface area contributed by atoms with Gasteiger partial charge < -0.3 is 10.5 Å². The largest absolute Gasteiger partial charge is 0.379 e. The molecular formula is C11H19NOS. The van der Waals surface area contributed by atoms with E-state index in [0.29, 0.717) is 6.61 Å². The normalized spacial score (nSPS) is 15.4. The Balaban J connectivity index is 2.11. The third kappa shape index (κ3) is 4.22. The molecule has 0 aliphatic heterocycles. The minimum atomic E-state index is -0.172. The molecule has 0 aliphatic carbocycles. The van der Waals surface area contributed by atoms with Gasteiger partial charge in [-0.05, 0) is 42.2 Å². The van der Waals surface area contributed by atoms with E-state index in [4.69, 9.17) is 10.5 Å². The van der Waals surface area contributed by atoms with E-state index in [0.717, 1.165) is 19.4 Å². The van der Waals surface area contributed by atoms with Crippen LogP contribution in [-0.2, 0) is 11.2 Å². The fraction of sp³-hybridized carbons (Fsp3) is 0.636. The summed E-state index contributed by atoms with van der Waals surface area (Å²) < 4.78 is 5.54. The van der Waals surface area contributed by atoms with Gasteiger partial charge in [0.15, 0.2) is 0 Å². The Morgan fingerprint density at radius 1 is 1.57 bits per heavy atom. The van der Waals surface area contributed by atoms with E-state index in [9.17, 15) is 0 Å².